The Morgan fingerprint density at radius 1 is 0.852 bits per heavy atom. The van der Waals surface area contributed by atoms with E-state index in [2.05, 4.69) is 10.4 Å². The minimum absolute atomic E-state index is 0.146. The highest BCUT2D eigenvalue weighted by atomic mass is 16.2. The molecule has 0 aliphatic carbocycles. The lowest BCUT2D eigenvalue weighted by Crippen LogP contribution is -2.29. The van der Waals surface area contributed by atoms with Crippen molar-refractivity contribution >= 4 is 22.4 Å². The minimum Gasteiger partial charge on any atom is -0.324 e. The molecule has 27 heavy (non-hydrogen) atoms. The van der Waals surface area contributed by atoms with Crippen LogP contribution in [0.1, 0.15) is 0 Å². The number of fused-ring (bicyclic) bond motifs is 1. The number of hydrogen-bond donors (Lipinski definition) is 1. The molecule has 1 heterocycles. The van der Waals surface area contributed by atoms with Crippen LogP contribution in [0.15, 0.2) is 89.7 Å². The lowest BCUT2D eigenvalue weighted by molar-refractivity contribution is -0.117. The highest BCUT2D eigenvalue weighted by molar-refractivity contribution is 5.95. The first-order valence-corrected chi connectivity index (χ1v) is 8.62. The fourth-order valence-electron chi connectivity index (χ4n) is 3.01. The van der Waals surface area contributed by atoms with Crippen molar-refractivity contribution < 1.29 is 4.79 Å². The number of carbonyl (C=O) groups excluding carboxylic acids is 1. The summed E-state index contributed by atoms with van der Waals surface area (Å²) in [5.41, 5.74) is 1.94. The molecule has 0 unspecified atom stereocenters. The van der Waals surface area contributed by atoms with Gasteiger partial charge >= 0.3 is 0 Å². The van der Waals surface area contributed by atoms with Crippen LogP contribution in [0.5, 0.6) is 0 Å². The van der Waals surface area contributed by atoms with Gasteiger partial charge in [0.2, 0.25) is 5.91 Å². The zero-order valence-electron chi connectivity index (χ0n) is 14.5. The van der Waals surface area contributed by atoms with Crippen molar-refractivity contribution in [1.29, 1.82) is 0 Å². The number of rotatable bonds is 4. The van der Waals surface area contributed by atoms with Gasteiger partial charge in [0.1, 0.15) is 6.54 Å². The Morgan fingerprint density at radius 2 is 1.59 bits per heavy atom. The molecule has 1 aromatic heterocycles. The van der Waals surface area contributed by atoms with E-state index in [4.69, 9.17) is 0 Å². The molecule has 1 N–H and O–H groups in total. The monoisotopic (exact) mass is 355 g/mol. The number of carbonyl (C=O) groups is 1. The van der Waals surface area contributed by atoms with E-state index in [1.54, 1.807) is 18.2 Å². The van der Waals surface area contributed by atoms with Crippen LogP contribution in [-0.2, 0) is 11.3 Å². The SMILES string of the molecule is O=C(Cn1nc(-c2cccc3ccccc23)ccc1=O)Nc1ccccc1. The molecular formula is C22H17N3O2. The molecule has 5 nitrogen and oxygen atoms in total. The summed E-state index contributed by atoms with van der Waals surface area (Å²) in [4.78, 5) is 24.5. The number of aromatic nitrogens is 2. The largest absolute Gasteiger partial charge is 0.324 e. The van der Waals surface area contributed by atoms with E-state index in [0.29, 0.717) is 11.4 Å². The zero-order valence-corrected chi connectivity index (χ0v) is 14.5. The fraction of sp³-hybridized carbons (Fsp3) is 0.0455. The van der Waals surface area contributed by atoms with Gasteiger partial charge in [-0.3, -0.25) is 9.59 Å². The minimum atomic E-state index is -0.317. The van der Waals surface area contributed by atoms with Gasteiger partial charge < -0.3 is 5.32 Å². The van der Waals surface area contributed by atoms with E-state index in [1.165, 1.54) is 10.7 Å². The number of nitrogens with one attached hydrogen (secondary N) is 1. The quantitative estimate of drug-likeness (QED) is 0.607. The van der Waals surface area contributed by atoms with Gasteiger partial charge in [-0.05, 0) is 29.0 Å². The van der Waals surface area contributed by atoms with Crippen LogP contribution in [0.2, 0.25) is 0 Å². The molecule has 3 aromatic carbocycles. The molecule has 132 valence electrons. The molecule has 5 heteroatoms. The van der Waals surface area contributed by atoms with Gasteiger partial charge in [0.05, 0.1) is 5.69 Å². The van der Waals surface area contributed by atoms with Crippen LogP contribution in [0.25, 0.3) is 22.0 Å². The molecular weight excluding hydrogens is 338 g/mol. The van der Waals surface area contributed by atoms with E-state index >= 15 is 0 Å². The molecule has 0 saturated carbocycles. The van der Waals surface area contributed by atoms with Crippen LogP contribution in [0.3, 0.4) is 0 Å². The number of anilines is 1. The van der Waals surface area contributed by atoms with E-state index in [1.807, 2.05) is 60.7 Å². The highest BCUT2D eigenvalue weighted by Gasteiger charge is 2.10. The summed E-state index contributed by atoms with van der Waals surface area (Å²) >= 11 is 0. The van der Waals surface area contributed by atoms with Crippen LogP contribution in [0.4, 0.5) is 5.69 Å². The maximum absolute atomic E-state index is 12.3. The lowest BCUT2D eigenvalue weighted by Gasteiger charge is -2.10. The number of amides is 1. The first kappa shape index (κ1) is 16.7. The van der Waals surface area contributed by atoms with Gasteiger partial charge in [0.25, 0.3) is 5.56 Å². The van der Waals surface area contributed by atoms with Gasteiger partial charge in [-0.1, -0.05) is 60.7 Å². The van der Waals surface area contributed by atoms with Gasteiger partial charge in [-0.25, -0.2) is 4.68 Å². The number of hydrogen-bond acceptors (Lipinski definition) is 3. The fourth-order valence-corrected chi connectivity index (χ4v) is 3.01. The van der Waals surface area contributed by atoms with E-state index < -0.39 is 0 Å². The molecule has 0 spiro atoms. The predicted octanol–water partition coefficient (Wildman–Crippen LogP) is 3.70. The maximum atomic E-state index is 12.3. The third-order valence-corrected chi connectivity index (χ3v) is 4.28. The van der Waals surface area contributed by atoms with Crippen molar-refractivity contribution in [1.82, 2.24) is 9.78 Å². The van der Waals surface area contributed by atoms with E-state index in [-0.39, 0.29) is 18.0 Å². The molecule has 1 amide bonds. The molecule has 0 saturated heterocycles. The average molecular weight is 355 g/mol. The average Bonchev–Trinajstić information content (AvgIpc) is 2.70. The molecule has 0 atom stereocenters. The summed E-state index contributed by atoms with van der Waals surface area (Å²) in [6.07, 6.45) is 0. The zero-order chi connectivity index (χ0) is 18.6. The van der Waals surface area contributed by atoms with Crippen molar-refractivity contribution in [2.75, 3.05) is 5.32 Å². The van der Waals surface area contributed by atoms with Crippen molar-refractivity contribution in [3.05, 3.63) is 95.3 Å². The normalized spacial score (nSPS) is 10.7. The standard InChI is InChI=1S/C22H17N3O2/c26-21(23-17-9-2-1-3-10-17)15-25-22(27)14-13-20(24-25)19-12-6-8-16-7-4-5-11-18(16)19/h1-14H,15H2,(H,23,26). The molecule has 0 bridgehead atoms. The second-order valence-electron chi connectivity index (χ2n) is 6.16. The van der Waals surface area contributed by atoms with Gasteiger partial charge in [0.15, 0.2) is 0 Å². The van der Waals surface area contributed by atoms with E-state index in [0.717, 1.165) is 16.3 Å². The Bertz CT molecular complexity index is 1160. The molecule has 0 aliphatic heterocycles. The van der Waals surface area contributed by atoms with Crippen LogP contribution >= 0.6 is 0 Å². The Labute approximate surface area is 155 Å². The molecule has 4 aromatic rings. The Balaban J connectivity index is 1.65. The van der Waals surface area contributed by atoms with Crippen molar-refractivity contribution in [3.63, 3.8) is 0 Å². The summed E-state index contributed by atoms with van der Waals surface area (Å²) < 4.78 is 1.19. The third kappa shape index (κ3) is 3.62. The first-order chi connectivity index (χ1) is 13.2. The molecule has 0 aliphatic rings. The van der Waals surface area contributed by atoms with Gasteiger partial charge in [-0.15, -0.1) is 0 Å². The number of benzene rings is 3. The molecule has 0 radical (unpaired) electrons. The van der Waals surface area contributed by atoms with Crippen molar-refractivity contribution in [3.8, 4) is 11.3 Å². The molecule has 4 rings (SSSR count). The van der Waals surface area contributed by atoms with Crippen molar-refractivity contribution in [2.24, 2.45) is 0 Å². The highest BCUT2D eigenvalue weighted by Crippen LogP contribution is 2.26. The van der Waals surface area contributed by atoms with Crippen LogP contribution in [0, 0.1) is 0 Å². The van der Waals surface area contributed by atoms with Crippen molar-refractivity contribution in [2.45, 2.75) is 6.54 Å². The Morgan fingerprint density at radius 3 is 2.44 bits per heavy atom. The maximum Gasteiger partial charge on any atom is 0.267 e. The Hall–Kier alpha value is -3.73. The summed E-state index contributed by atoms with van der Waals surface area (Å²) in [6.45, 7) is -0.146. The Kier molecular flexibility index (Phi) is 4.49. The van der Waals surface area contributed by atoms with Gasteiger partial charge in [0, 0.05) is 17.3 Å². The molecule has 0 fully saturated rings. The smallest absolute Gasteiger partial charge is 0.267 e. The van der Waals surface area contributed by atoms with Crippen LogP contribution < -0.4 is 10.9 Å². The summed E-state index contributed by atoms with van der Waals surface area (Å²) in [7, 11) is 0. The second-order valence-corrected chi connectivity index (χ2v) is 6.16. The van der Waals surface area contributed by atoms with Crippen LogP contribution in [-0.4, -0.2) is 15.7 Å². The predicted molar refractivity (Wildman–Crippen MR) is 107 cm³/mol. The summed E-state index contributed by atoms with van der Waals surface area (Å²) in [5.74, 6) is -0.300. The third-order valence-electron chi connectivity index (χ3n) is 4.28. The second kappa shape index (κ2) is 7.25. The topological polar surface area (TPSA) is 64.0 Å². The van der Waals surface area contributed by atoms with E-state index in [9.17, 15) is 9.59 Å². The number of para-hydroxylation sites is 1. The summed E-state index contributed by atoms with van der Waals surface area (Å²) in [5, 5.41) is 9.33. The summed E-state index contributed by atoms with van der Waals surface area (Å²) in [6, 6.07) is 26.2. The number of nitrogens with zero attached hydrogens (tertiary/aromatic N) is 2. The van der Waals surface area contributed by atoms with Gasteiger partial charge in [-0.2, -0.15) is 5.10 Å². The lowest BCUT2D eigenvalue weighted by atomic mass is 10.0. The first-order valence-electron chi connectivity index (χ1n) is 8.62.